The Bertz CT molecular complexity index is 370. The minimum atomic E-state index is -0.855. The predicted octanol–water partition coefficient (Wildman–Crippen LogP) is 2.17. The van der Waals surface area contributed by atoms with Gasteiger partial charge in [0.25, 0.3) is 0 Å². The van der Waals surface area contributed by atoms with Gasteiger partial charge in [-0.05, 0) is 11.4 Å². The first-order valence-corrected chi connectivity index (χ1v) is 5.43. The number of thiazole rings is 1. The van der Waals surface area contributed by atoms with Crippen LogP contribution in [0.4, 0.5) is 5.13 Å². The van der Waals surface area contributed by atoms with E-state index in [1.54, 1.807) is 23.0 Å². The summed E-state index contributed by atoms with van der Waals surface area (Å²) in [4.78, 5) is 13.8. The van der Waals surface area contributed by atoms with Gasteiger partial charge in [-0.2, -0.15) is 11.3 Å². The van der Waals surface area contributed by atoms with Crippen LogP contribution in [0.25, 0.3) is 0 Å². The molecule has 14 heavy (non-hydrogen) atoms. The number of hydrogen-bond acceptors (Lipinski definition) is 5. The van der Waals surface area contributed by atoms with E-state index in [9.17, 15) is 4.79 Å². The first kappa shape index (κ1) is 10.7. The minimum absolute atomic E-state index is 0.370. The summed E-state index contributed by atoms with van der Waals surface area (Å²) in [7, 11) is 0. The van der Waals surface area contributed by atoms with Crippen LogP contribution in [-0.4, -0.2) is 16.1 Å². The molecule has 2 rings (SSSR count). The summed E-state index contributed by atoms with van der Waals surface area (Å²) < 4.78 is 0. The van der Waals surface area contributed by atoms with E-state index < -0.39 is 5.97 Å². The Kier molecular flexibility index (Phi) is 4.09. The molecular weight excluding hydrogens is 220 g/mol. The maximum absolute atomic E-state index is 10.1. The van der Waals surface area contributed by atoms with Crippen LogP contribution in [0.2, 0.25) is 0 Å². The van der Waals surface area contributed by atoms with Gasteiger partial charge in [-0.1, -0.05) is 0 Å². The smallest absolute Gasteiger partial charge is 0.336 e. The molecule has 0 aliphatic carbocycles. The zero-order chi connectivity index (χ0) is 10.4. The largest absolute Gasteiger partial charge is 0.478 e. The molecule has 2 heterocycles. The fourth-order valence-corrected chi connectivity index (χ4v) is 1.63. The van der Waals surface area contributed by atoms with Crippen molar-refractivity contribution in [1.29, 1.82) is 0 Å². The number of rotatable bonds is 1. The van der Waals surface area contributed by atoms with Crippen LogP contribution in [-0.2, 0) is 0 Å². The Labute approximate surface area is 88.7 Å². The van der Waals surface area contributed by atoms with Crippen LogP contribution in [0.5, 0.6) is 0 Å². The van der Waals surface area contributed by atoms with Gasteiger partial charge in [0.2, 0.25) is 0 Å². The lowest BCUT2D eigenvalue weighted by Crippen LogP contribution is -1.90. The zero-order valence-electron chi connectivity index (χ0n) is 7.08. The van der Waals surface area contributed by atoms with Crippen molar-refractivity contribution in [2.45, 2.75) is 0 Å². The van der Waals surface area contributed by atoms with Crippen molar-refractivity contribution in [3.05, 3.63) is 34.0 Å². The Hall–Kier alpha value is -1.40. The second kappa shape index (κ2) is 5.36. The van der Waals surface area contributed by atoms with E-state index in [2.05, 4.69) is 4.98 Å². The molecule has 0 amide bonds. The Morgan fingerprint density at radius 1 is 1.50 bits per heavy atom. The van der Waals surface area contributed by atoms with Gasteiger partial charge in [-0.25, -0.2) is 9.78 Å². The molecule has 0 fully saturated rings. The van der Waals surface area contributed by atoms with Crippen LogP contribution in [0.15, 0.2) is 28.4 Å². The molecule has 2 aromatic rings. The molecule has 4 nitrogen and oxygen atoms in total. The van der Waals surface area contributed by atoms with Gasteiger partial charge in [0, 0.05) is 17.0 Å². The highest BCUT2D eigenvalue weighted by Crippen LogP contribution is 2.04. The lowest BCUT2D eigenvalue weighted by Gasteiger charge is -1.78. The third-order valence-corrected chi connectivity index (χ3v) is 2.51. The van der Waals surface area contributed by atoms with Crippen LogP contribution >= 0.6 is 22.7 Å². The number of nitrogens with zero attached hydrogens (tertiary/aromatic N) is 1. The highest BCUT2D eigenvalue weighted by molar-refractivity contribution is 7.13. The summed E-state index contributed by atoms with van der Waals surface area (Å²) in [5.74, 6) is -0.855. The Balaban J connectivity index is 0.000000146. The van der Waals surface area contributed by atoms with Crippen LogP contribution in [0.3, 0.4) is 0 Å². The first-order chi connectivity index (χ1) is 6.70. The molecule has 2 aromatic heterocycles. The molecule has 0 unspecified atom stereocenters. The quantitative estimate of drug-likeness (QED) is 0.784. The third-order valence-electron chi connectivity index (χ3n) is 1.22. The van der Waals surface area contributed by atoms with E-state index in [-0.39, 0.29) is 0 Å². The molecule has 0 bridgehead atoms. The highest BCUT2D eigenvalue weighted by Gasteiger charge is 1.98. The molecule has 74 valence electrons. The summed E-state index contributed by atoms with van der Waals surface area (Å²) in [6, 6.07) is 1.58. The number of nitrogens with two attached hydrogens (primary N) is 1. The molecular formula is C8H8N2O2S2. The molecule has 0 saturated heterocycles. The van der Waals surface area contributed by atoms with Crippen molar-refractivity contribution in [1.82, 2.24) is 4.98 Å². The van der Waals surface area contributed by atoms with Crippen molar-refractivity contribution >= 4 is 33.8 Å². The standard InChI is InChI=1S/C5H4O2S.C3H4N2S/c6-5(7)4-1-2-8-3-4;4-3-5-1-2-6-3/h1-3H,(H,6,7);1-2H,(H2,4,5). The molecule has 0 radical (unpaired) electrons. The molecule has 0 atom stereocenters. The minimum Gasteiger partial charge on any atom is -0.478 e. The fraction of sp³-hybridized carbons (Fsp3) is 0. The van der Waals surface area contributed by atoms with Crippen LogP contribution in [0, 0.1) is 0 Å². The number of hydrogen-bond donors (Lipinski definition) is 2. The zero-order valence-corrected chi connectivity index (χ0v) is 8.72. The van der Waals surface area contributed by atoms with E-state index in [1.807, 2.05) is 5.38 Å². The number of nitrogen functional groups attached to an aromatic ring is 1. The maximum Gasteiger partial charge on any atom is 0.336 e. The number of carbonyl (C=O) groups is 1. The van der Waals surface area contributed by atoms with Gasteiger partial charge >= 0.3 is 5.97 Å². The van der Waals surface area contributed by atoms with Gasteiger partial charge in [0.05, 0.1) is 5.56 Å². The van der Waals surface area contributed by atoms with Gasteiger partial charge in [-0.3, -0.25) is 0 Å². The van der Waals surface area contributed by atoms with Gasteiger partial charge in [0.15, 0.2) is 5.13 Å². The molecule has 0 saturated carbocycles. The lowest BCUT2D eigenvalue weighted by molar-refractivity contribution is 0.0697. The molecule has 6 heteroatoms. The maximum atomic E-state index is 10.1. The van der Waals surface area contributed by atoms with Crippen molar-refractivity contribution in [2.75, 3.05) is 5.73 Å². The van der Waals surface area contributed by atoms with Crippen molar-refractivity contribution in [3.8, 4) is 0 Å². The van der Waals surface area contributed by atoms with Crippen LogP contribution in [0.1, 0.15) is 10.4 Å². The fourth-order valence-electron chi connectivity index (χ4n) is 0.621. The molecule has 0 aromatic carbocycles. The van der Waals surface area contributed by atoms with E-state index in [1.165, 1.54) is 22.7 Å². The third kappa shape index (κ3) is 3.55. The summed E-state index contributed by atoms with van der Waals surface area (Å²) in [5, 5.41) is 14.1. The van der Waals surface area contributed by atoms with E-state index in [4.69, 9.17) is 10.8 Å². The van der Waals surface area contributed by atoms with Crippen LogP contribution < -0.4 is 5.73 Å². The predicted molar refractivity (Wildman–Crippen MR) is 57.8 cm³/mol. The number of aromatic nitrogens is 1. The van der Waals surface area contributed by atoms with E-state index in [0.29, 0.717) is 10.7 Å². The second-order valence-corrected chi connectivity index (χ2v) is 3.89. The SMILES string of the molecule is Nc1nccs1.O=C(O)c1ccsc1. The normalized spacial score (nSPS) is 8.86. The highest BCUT2D eigenvalue weighted by atomic mass is 32.1. The number of carboxylic acid groups (broad SMARTS) is 1. The monoisotopic (exact) mass is 228 g/mol. The molecule has 0 spiro atoms. The average molecular weight is 228 g/mol. The Morgan fingerprint density at radius 2 is 2.29 bits per heavy atom. The van der Waals surface area contributed by atoms with Crippen molar-refractivity contribution in [2.24, 2.45) is 0 Å². The number of anilines is 1. The van der Waals surface area contributed by atoms with Crippen molar-refractivity contribution < 1.29 is 9.90 Å². The topological polar surface area (TPSA) is 76.2 Å². The molecule has 3 N–H and O–H groups in total. The lowest BCUT2D eigenvalue weighted by atomic mass is 10.4. The summed E-state index contributed by atoms with van der Waals surface area (Å²) in [6.45, 7) is 0. The molecule has 0 aliphatic rings. The summed E-state index contributed by atoms with van der Waals surface area (Å²) in [5.41, 5.74) is 5.56. The molecule has 0 aliphatic heterocycles. The number of aromatic carboxylic acids is 1. The Morgan fingerprint density at radius 3 is 2.50 bits per heavy atom. The van der Waals surface area contributed by atoms with Gasteiger partial charge < -0.3 is 10.8 Å². The van der Waals surface area contributed by atoms with Crippen molar-refractivity contribution in [3.63, 3.8) is 0 Å². The van der Waals surface area contributed by atoms with Gasteiger partial charge in [-0.15, -0.1) is 11.3 Å². The summed E-state index contributed by atoms with van der Waals surface area (Å²) >= 11 is 2.83. The average Bonchev–Trinajstić information content (AvgIpc) is 2.75. The number of carboxylic acids is 1. The van der Waals surface area contributed by atoms with E-state index >= 15 is 0 Å². The first-order valence-electron chi connectivity index (χ1n) is 3.60. The summed E-state index contributed by atoms with van der Waals surface area (Å²) in [6.07, 6.45) is 1.68. The number of thiophene rings is 1. The van der Waals surface area contributed by atoms with E-state index in [0.717, 1.165) is 0 Å². The second-order valence-electron chi connectivity index (χ2n) is 2.19. The van der Waals surface area contributed by atoms with Gasteiger partial charge in [0.1, 0.15) is 0 Å².